The number of nitrogens with zero attached hydrogens (tertiary/aromatic N) is 8. The van der Waals surface area contributed by atoms with Gasteiger partial charge in [-0.1, -0.05) is 5.21 Å². The molecule has 0 bridgehead atoms. The quantitative estimate of drug-likeness (QED) is 0.671. The van der Waals surface area contributed by atoms with E-state index in [1.54, 1.807) is 24.7 Å². The maximum Gasteiger partial charge on any atom is 0.257 e. The first kappa shape index (κ1) is 14.8. The van der Waals surface area contributed by atoms with Crippen LogP contribution in [0.4, 0.5) is 0 Å². The maximum atomic E-state index is 13.0. The number of amides is 1. The summed E-state index contributed by atoms with van der Waals surface area (Å²) >= 11 is 0. The molecule has 1 fully saturated rings. The van der Waals surface area contributed by atoms with Crippen molar-refractivity contribution in [1.29, 1.82) is 0 Å². The number of likely N-dealkylation sites (N-methyl/N-ethyl adjacent to an activating group) is 1. The minimum atomic E-state index is -0.0348. The smallest absolute Gasteiger partial charge is 0.257 e. The largest absolute Gasteiger partial charge is 0.335 e. The third-order valence-corrected chi connectivity index (χ3v) is 4.52. The molecule has 9 heteroatoms. The molecule has 2 atom stereocenters. The lowest BCUT2D eigenvalue weighted by atomic mass is 10.1. The Morgan fingerprint density at radius 3 is 2.88 bits per heavy atom. The van der Waals surface area contributed by atoms with Gasteiger partial charge in [-0.25, -0.2) is 4.68 Å². The molecule has 3 aromatic rings. The summed E-state index contributed by atoms with van der Waals surface area (Å²) < 4.78 is 3.30. The topological polar surface area (TPSA) is 84.5 Å². The van der Waals surface area contributed by atoms with E-state index in [1.807, 2.05) is 35.9 Å². The van der Waals surface area contributed by atoms with Gasteiger partial charge < -0.3 is 9.80 Å². The molecule has 124 valence electrons. The summed E-state index contributed by atoms with van der Waals surface area (Å²) in [6.45, 7) is 1.22. The first-order chi connectivity index (χ1) is 11.6. The second-order valence-electron chi connectivity index (χ2n) is 6.15. The molecule has 1 aliphatic rings. The van der Waals surface area contributed by atoms with E-state index in [-0.39, 0.29) is 18.0 Å². The number of hydrogen-bond donors (Lipinski definition) is 0. The molecule has 4 rings (SSSR count). The van der Waals surface area contributed by atoms with Crippen molar-refractivity contribution in [2.24, 2.45) is 0 Å². The first-order valence-electron chi connectivity index (χ1n) is 7.75. The molecule has 0 aromatic carbocycles. The van der Waals surface area contributed by atoms with Gasteiger partial charge in [-0.3, -0.25) is 4.79 Å². The maximum absolute atomic E-state index is 13.0. The molecule has 24 heavy (non-hydrogen) atoms. The normalized spacial score (nSPS) is 21.0. The van der Waals surface area contributed by atoms with Crippen molar-refractivity contribution in [3.05, 3.63) is 42.5 Å². The van der Waals surface area contributed by atoms with Crippen LogP contribution in [0.2, 0.25) is 0 Å². The Bertz CT molecular complexity index is 855. The molecule has 1 amide bonds. The highest BCUT2D eigenvalue weighted by molar-refractivity contribution is 6.00. The minimum Gasteiger partial charge on any atom is -0.335 e. The van der Waals surface area contributed by atoms with Gasteiger partial charge in [0.1, 0.15) is 5.52 Å². The van der Waals surface area contributed by atoms with Gasteiger partial charge >= 0.3 is 0 Å². The Balaban J connectivity index is 1.64. The zero-order valence-corrected chi connectivity index (χ0v) is 13.5. The van der Waals surface area contributed by atoms with Gasteiger partial charge in [0.05, 0.1) is 30.0 Å². The van der Waals surface area contributed by atoms with E-state index in [0.717, 1.165) is 0 Å². The van der Waals surface area contributed by atoms with E-state index < -0.39 is 0 Å². The van der Waals surface area contributed by atoms with Crippen LogP contribution in [-0.4, -0.2) is 78.8 Å². The molecule has 0 aliphatic carbocycles. The average Bonchev–Trinajstić information content (AvgIpc) is 3.31. The highest BCUT2D eigenvalue weighted by Crippen LogP contribution is 2.26. The van der Waals surface area contributed by atoms with E-state index in [0.29, 0.717) is 24.2 Å². The Morgan fingerprint density at radius 2 is 2.12 bits per heavy atom. The van der Waals surface area contributed by atoms with Crippen LogP contribution in [0.5, 0.6) is 0 Å². The fourth-order valence-corrected chi connectivity index (χ4v) is 3.26. The first-order valence-corrected chi connectivity index (χ1v) is 7.75. The van der Waals surface area contributed by atoms with Gasteiger partial charge in [-0.15, -0.1) is 5.10 Å². The molecule has 0 saturated carbocycles. The summed E-state index contributed by atoms with van der Waals surface area (Å²) in [5, 5.41) is 16.3. The third kappa shape index (κ3) is 2.33. The van der Waals surface area contributed by atoms with Crippen LogP contribution >= 0.6 is 0 Å². The molecule has 0 N–H and O–H groups in total. The number of carbonyl (C=O) groups is 1. The molecule has 4 heterocycles. The van der Waals surface area contributed by atoms with Gasteiger partial charge in [0, 0.05) is 25.5 Å². The third-order valence-electron chi connectivity index (χ3n) is 4.52. The molecular weight excluding hydrogens is 308 g/mol. The molecule has 9 nitrogen and oxygen atoms in total. The van der Waals surface area contributed by atoms with Crippen LogP contribution in [-0.2, 0) is 0 Å². The van der Waals surface area contributed by atoms with Crippen molar-refractivity contribution in [3.63, 3.8) is 0 Å². The van der Waals surface area contributed by atoms with Crippen LogP contribution in [0.3, 0.4) is 0 Å². The minimum absolute atomic E-state index is 0.0348. The number of fused-ring (bicyclic) bond motifs is 1. The van der Waals surface area contributed by atoms with Crippen molar-refractivity contribution in [3.8, 4) is 0 Å². The zero-order valence-electron chi connectivity index (χ0n) is 13.5. The lowest BCUT2D eigenvalue weighted by Gasteiger charge is -2.24. The van der Waals surface area contributed by atoms with Crippen LogP contribution < -0.4 is 0 Å². The van der Waals surface area contributed by atoms with Crippen molar-refractivity contribution in [2.75, 3.05) is 27.2 Å². The standard InChI is InChI=1S/C15H18N8O/c1-20(2)13-9-21(10-14(13)22-7-6-16-19-22)15(24)11-8-18-23-12(11)4-3-5-17-23/h3-8,13-14H,9-10H2,1-2H3/t13-,14+/m1/s1. The fourth-order valence-electron chi connectivity index (χ4n) is 3.26. The number of carbonyl (C=O) groups excluding carboxylic acids is 1. The van der Waals surface area contributed by atoms with E-state index in [2.05, 4.69) is 25.4 Å². The SMILES string of the molecule is CN(C)[C@@H]1CN(C(=O)c2cnn3ncccc23)C[C@@H]1n1ccnn1. The van der Waals surface area contributed by atoms with Crippen molar-refractivity contribution < 1.29 is 4.79 Å². The van der Waals surface area contributed by atoms with Gasteiger partial charge in [-0.2, -0.15) is 14.8 Å². The Labute approximate surface area is 138 Å². The van der Waals surface area contributed by atoms with Crippen LogP contribution in [0.25, 0.3) is 5.52 Å². The predicted octanol–water partition coefficient (Wildman–Crippen LogP) is -0.0519. The summed E-state index contributed by atoms with van der Waals surface area (Å²) in [5.74, 6) is -0.0348. The second kappa shape index (κ2) is 5.68. The molecular formula is C15H18N8O. The fraction of sp³-hybridized carbons (Fsp3) is 0.400. The van der Waals surface area contributed by atoms with Gasteiger partial charge in [0.25, 0.3) is 5.91 Å². The van der Waals surface area contributed by atoms with Crippen LogP contribution in [0.1, 0.15) is 16.4 Å². The van der Waals surface area contributed by atoms with Crippen molar-refractivity contribution in [1.82, 2.24) is 39.6 Å². The van der Waals surface area contributed by atoms with Crippen molar-refractivity contribution in [2.45, 2.75) is 12.1 Å². The number of rotatable bonds is 3. The van der Waals surface area contributed by atoms with Gasteiger partial charge in [0.15, 0.2) is 0 Å². The Kier molecular flexibility index (Phi) is 3.49. The molecule has 1 aliphatic heterocycles. The van der Waals surface area contributed by atoms with Gasteiger partial charge in [0.2, 0.25) is 0 Å². The molecule has 1 saturated heterocycles. The number of hydrogen-bond acceptors (Lipinski definition) is 6. The lowest BCUT2D eigenvalue weighted by Crippen LogP contribution is -2.37. The summed E-state index contributed by atoms with van der Waals surface area (Å²) in [5.41, 5.74) is 1.29. The molecule has 0 unspecified atom stereocenters. The van der Waals surface area contributed by atoms with E-state index in [9.17, 15) is 4.79 Å². The summed E-state index contributed by atoms with van der Waals surface area (Å²) in [6, 6.07) is 3.90. The zero-order chi connectivity index (χ0) is 16.7. The van der Waals surface area contributed by atoms with Crippen LogP contribution in [0.15, 0.2) is 36.9 Å². The van der Waals surface area contributed by atoms with Gasteiger partial charge in [-0.05, 0) is 26.2 Å². The van der Waals surface area contributed by atoms with E-state index in [1.165, 1.54) is 4.63 Å². The Morgan fingerprint density at radius 1 is 1.25 bits per heavy atom. The van der Waals surface area contributed by atoms with E-state index >= 15 is 0 Å². The molecule has 3 aromatic heterocycles. The molecule has 0 spiro atoms. The summed E-state index contributed by atoms with van der Waals surface area (Å²) in [7, 11) is 4.03. The highest BCUT2D eigenvalue weighted by Gasteiger charge is 2.39. The van der Waals surface area contributed by atoms with E-state index in [4.69, 9.17) is 0 Å². The van der Waals surface area contributed by atoms with Crippen LogP contribution in [0, 0.1) is 0 Å². The highest BCUT2D eigenvalue weighted by atomic mass is 16.2. The molecule has 0 radical (unpaired) electrons. The Hall–Kier alpha value is -2.81. The summed E-state index contributed by atoms with van der Waals surface area (Å²) in [6.07, 6.45) is 6.73. The number of likely N-dealkylation sites (tertiary alicyclic amines) is 1. The monoisotopic (exact) mass is 326 g/mol. The van der Waals surface area contributed by atoms with Crippen molar-refractivity contribution >= 4 is 11.4 Å². The summed E-state index contributed by atoms with van der Waals surface area (Å²) in [4.78, 5) is 17.0. The predicted molar refractivity (Wildman–Crippen MR) is 85.4 cm³/mol. The average molecular weight is 326 g/mol. The number of aromatic nitrogens is 6. The lowest BCUT2D eigenvalue weighted by molar-refractivity contribution is 0.0783. The second-order valence-corrected chi connectivity index (χ2v) is 6.15.